The van der Waals surface area contributed by atoms with Gasteiger partial charge >= 0.3 is 0 Å². The van der Waals surface area contributed by atoms with Gasteiger partial charge in [-0.3, -0.25) is 9.59 Å². The van der Waals surface area contributed by atoms with E-state index in [1.54, 1.807) is 17.3 Å². The van der Waals surface area contributed by atoms with E-state index in [-0.39, 0.29) is 18.4 Å². The highest BCUT2D eigenvalue weighted by Crippen LogP contribution is 2.36. The van der Waals surface area contributed by atoms with Crippen LogP contribution >= 0.6 is 11.3 Å². The smallest absolute Gasteiger partial charge is 0.242 e. The maximum atomic E-state index is 12.7. The Morgan fingerprint density at radius 3 is 2.81 bits per heavy atom. The Morgan fingerprint density at radius 2 is 2.10 bits per heavy atom. The zero-order valence-electron chi connectivity index (χ0n) is 17.3. The molecule has 158 valence electrons. The summed E-state index contributed by atoms with van der Waals surface area (Å²) in [4.78, 5) is 32.1. The number of nitrogens with one attached hydrogen (secondary N) is 1. The number of fused-ring (bicyclic) bond motifs is 1. The summed E-state index contributed by atoms with van der Waals surface area (Å²) in [6.07, 6.45) is 5.10. The molecule has 1 aliphatic heterocycles. The Kier molecular flexibility index (Phi) is 6.14. The van der Waals surface area contributed by atoms with Crippen molar-refractivity contribution in [3.05, 3.63) is 70.1 Å². The van der Waals surface area contributed by atoms with Gasteiger partial charge in [0.25, 0.3) is 0 Å². The van der Waals surface area contributed by atoms with Crippen LogP contribution in [0.4, 0.5) is 5.00 Å². The van der Waals surface area contributed by atoms with Crippen molar-refractivity contribution in [2.45, 2.75) is 39.3 Å². The number of hydrogen-bond donors (Lipinski definition) is 1. The summed E-state index contributed by atoms with van der Waals surface area (Å²) in [6.45, 7) is 3.14. The highest BCUT2D eigenvalue weighted by atomic mass is 32.1. The molecule has 4 rings (SSSR count). The second kappa shape index (κ2) is 9.14. The number of thiophene rings is 1. The fourth-order valence-electron chi connectivity index (χ4n) is 3.73. The van der Waals surface area contributed by atoms with Crippen molar-refractivity contribution in [1.29, 1.82) is 5.26 Å². The van der Waals surface area contributed by atoms with E-state index >= 15 is 0 Å². The Morgan fingerprint density at radius 1 is 1.29 bits per heavy atom. The van der Waals surface area contributed by atoms with Gasteiger partial charge in [0.2, 0.25) is 11.8 Å². The zero-order valence-corrected chi connectivity index (χ0v) is 18.1. The molecule has 0 atom stereocenters. The number of carbonyl (C=O) groups is 2. The lowest BCUT2D eigenvalue weighted by molar-refractivity contribution is -0.132. The van der Waals surface area contributed by atoms with E-state index in [9.17, 15) is 14.9 Å². The number of aromatic nitrogens is 2. The average molecular weight is 434 g/mol. The van der Waals surface area contributed by atoms with Crippen molar-refractivity contribution in [2.75, 3.05) is 11.9 Å². The summed E-state index contributed by atoms with van der Waals surface area (Å²) < 4.78 is 1.82. The summed E-state index contributed by atoms with van der Waals surface area (Å²) in [7, 11) is 0. The Hall–Kier alpha value is -3.44. The van der Waals surface area contributed by atoms with Crippen molar-refractivity contribution < 1.29 is 9.59 Å². The highest BCUT2D eigenvalue weighted by molar-refractivity contribution is 7.16. The summed E-state index contributed by atoms with van der Waals surface area (Å²) in [6, 6.07) is 12.1. The third-order valence-corrected chi connectivity index (χ3v) is 6.62. The van der Waals surface area contributed by atoms with E-state index in [1.165, 1.54) is 11.3 Å². The first-order valence-corrected chi connectivity index (χ1v) is 11.0. The number of carbonyl (C=O) groups excluding carboxylic acids is 2. The van der Waals surface area contributed by atoms with E-state index < -0.39 is 0 Å². The summed E-state index contributed by atoms with van der Waals surface area (Å²) in [5, 5.41) is 13.2. The lowest BCUT2D eigenvalue weighted by Crippen LogP contribution is -2.37. The molecule has 0 fully saturated rings. The normalized spacial score (nSPS) is 12.8. The number of nitrogens with zero attached hydrogens (tertiary/aromatic N) is 4. The van der Waals surface area contributed by atoms with Gasteiger partial charge in [0, 0.05) is 30.2 Å². The molecule has 2 aromatic heterocycles. The van der Waals surface area contributed by atoms with E-state index in [0.29, 0.717) is 42.9 Å². The standard InChI is InChI=1S/C23H23N5O2S/c1-16-25-10-12-27(16)15-22(30)28-11-9-18-19(13-24)23(31-20(18)14-28)26-21(29)8-7-17-5-3-2-4-6-17/h2-6,10,12H,7-9,11,14-15H2,1H3,(H,26,29). The van der Waals surface area contributed by atoms with E-state index in [0.717, 1.165) is 21.8 Å². The molecule has 0 unspecified atom stereocenters. The Balaban J connectivity index is 1.42. The van der Waals surface area contributed by atoms with Crippen LogP contribution in [0.25, 0.3) is 0 Å². The molecular formula is C23H23N5O2S. The van der Waals surface area contributed by atoms with Crippen LogP contribution in [0, 0.1) is 18.3 Å². The van der Waals surface area contributed by atoms with Crippen LogP contribution in [0.1, 0.15) is 33.8 Å². The number of benzene rings is 1. The number of nitriles is 1. The topological polar surface area (TPSA) is 91.0 Å². The maximum absolute atomic E-state index is 12.7. The van der Waals surface area contributed by atoms with Crippen molar-refractivity contribution in [2.24, 2.45) is 0 Å². The minimum absolute atomic E-state index is 0.0205. The second-order valence-corrected chi connectivity index (χ2v) is 8.63. The Bertz CT molecular complexity index is 1140. The molecule has 0 radical (unpaired) electrons. The van der Waals surface area contributed by atoms with Gasteiger partial charge in [-0.2, -0.15) is 5.26 Å². The summed E-state index contributed by atoms with van der Waals surface area (Å²) in [5.74, 6) is 0.712. The molecule has 0 saturated carbocycles. The number of amides is 2. The van der Waals surface area contributed by atoms with Crippen molar-refractivity contribution in [3.8, 4) is 6.07 Å². The lowest BCUT2D eigenvalue weighted by atomic mass is 10.0. The first kappa shape index (κ1) is 20.8. The monoisotopic (exact) mass is 433 g/mol. The lowest BCUT2D eigenvalue weighted by Gasteiger charge is -2.27. The molecule has 1 aliphatic rings. The van der Waals surface area contributed by atoms with Crippen LogP contribution in [0.5, 0.6) is 0 Å². The maximum Gasteiger partial charge on any atom is 0.242 e. The molecule has 31 heavy (non-hydrogen) atoms. The molecule has 1 N–H and O–H groups in total. The van der Waals surface area contributed by atoms with Gasteiger partial charge in [-0.25, -0.2) is 4.98 Å². The molecular weight excluding hydrogens is 410 g/mol. The first-order valence-electron chi connectivity index (χ1n) is 10.2. The van der Waals surface area contributed by atoms with E-state index in [4.69, 9.17) is 0 Å². The van der Waals surface area contributed by atoms with Gasteiger partial charge in [0.1, 0.15) is 23.4 Å². The van der Waals surface area contributed by atoms with Crippen molar-refractivity contribution in [1.82, 2.24) is 14.5 Å². The molecule has 2 amide bonds. The van der Waals surface area contributed by atoms with Gasteiger partial charge in [-0.1, -0.05) is 30.3 Å². The molecule has 0 saturated heterocycles. The number of anilines is 1. The first-order chi connectivity index (χ1) is 15.0. The SMILES string of the molecule is Cc1nccn1CC(=O)N1CCc2c(sc(NC(=O)CCc3ccccc3)c2C#N)C1. The third kappa shape index (κ3) is 4.67. The van der Waals surface area contributed by atoms with Crippen LogP contribution in [-0.2, 0) is 35.5 Å². The average Bonchev–Trinajstić information content (AvgIpc) is 3.34. The molecule has 7 nitrogen and oxygen atoms in total. The predicted octanol–water partition coefficient (Wildman–Crippen LogP) is 3.28. The summed E-state index contributed by atoms with van der Waals surface area (Å²) in [5.41, 5.74) is 2.59. The largest absolute Gasteiger partial charge is 0.336 e. The quantitative estimate of drug-likeness (QED) is 0.646. The molecule has 0 bridgehead atoms. The van der Waals surface area contributed by atoms with Crippen molar-refractivity contribution >= 4 is 28.2 Å². The number of aryl methyl sites for hydroxylation is 2. The van der Waals surface area contributed by atoms with Gasteiger partial charge in [0.15, 0.2) is 0 Å². The van der Waals surface area contributed by atoms with Crippen LogP contribution < -0.4 is 5.32 Å². The fraction of sp³-hybridized carbons (Fsp3) is 0.304. The van der Waals surface area contributed by atoms with Gasteiger partial charge in [-0.15, -0.1) is 11.3 Å². The predicted molar refractivity (Wildman–Crippen MR) is 119 cm³/mol. The van der Waals surface area contributed by atoms with E-state index in [1.807, 2.05) is 41.8 Å². The molecule has 0 aliphatic carbocycles. The van der Waals surface area contributed by atoms with Gasteiger partial charge in [-0.05, 0) is 30.9 Å². The molecule has 1 aromatic carbocycles. The van der Waals surface area contributed by atoms with Crippen molar-refractivity contribution in [3.63, 3.8) is 0 Å². The van der Waals surface area contributed by atoms with Crippen LogP contribution in [0.3, 0.4) is 0 Å². The Labute approximate surface area is 184 Å². The molecule has 0 spiro atoms. The van der Waals surface area contributed by atoms with Crippen LogP contribution in [0.2, 0.25) is 0 Å². The number of imidazole rings is 1. The highest BCUT2D eigenvalue weighted by Gasteiger charge is 2.27. The minimum atomic E-state index is -0.109. The van der Waals surface area contributed by atoms with Crippen LogP contribution in [-0.4, -0.2) is 32.8 Å². The zero-order chi connectivity index (χ0) is 21.8. The second-order valence-electron chi connectivity index (χ2n) is 7.52. The molecule has 3 heterocycles. The number of rotatable bonds is 6. The van der Waals surface area contributed by atoms with Gasteiger partial charge in [0.05, 0.1) is 12.1 Å². The minimum Gasteiger partial charge on any atom is -0.336 e. The summed E-state index contributed by atoms with van der Waals surface area (Å²) >= 11 is 1.40. The third-order valence-electron chi connectivity index (χ3n) is 5.49. The van der Waals surface area contributed by atoms with E-state index in [2.05, 4.69) is 16.4 Å². The van der Waals surface area contributed by atoms with Gasteiger partial charge < -0.3 is 14.8 Å². The number of hydrogen-bond acceptors (Lipinski definition) is 5. The van der Waals surface area contributed by atoms with Crippen LogP contribution in [0.15, 0.2) is 42.7 Å². The molecule has 8 heteroatoms. The molecule has 3 aromatic rings. The fourth-order valence-corrected chi connectivity index (χ4v) is 4.96.